The van der Waals surface area contributed by atoms with Crippen LogP contribution in [0.3, 0.4) is 0 Å². The Labute approximate surface area is 123 Å². The van der Waals surface area contributed by atoms with E-state index in [0.29, 0.717) is 6.04 Å². The van der Waals surface area contributed by atoms with Crippen molar-refractivity contribution in [1.29, 1.82) is 0 Å². The number of thioether (sulfide) groups is 1. The van der Waals surface area contributed by atoms with E-state index in [-0.39, 0.29) is 0 Å². The fourth-order valence-corrected chi connectivity index (χ4v) is 4.13. The molecule has 1 aliphatic rings. The minimum atomic E-state index is 0.321. The monoisotopic (exact) mass is 304 g/mol. The van der Waals surface area contributed by atoms with Gasteiger partial charge in [0.25, 0.3) is 0 Å². The number of fused-ring (bicyclic) bond motifs is 1. The summed E-state index contributed by atoms with van der Waals surface area (Å²) >= 11 is 3.56. The van der Waals surface area contributed by atoms with Crippen LogP contribution in [0.4, 0.5) is 0 Å². The SMILES string of the molecule is c1cncc(-c2nnc3sc(C4CSCCN4)nn23)c1. The topological polar surface area (TPSA) is 68.0 Å². The molecule has 1 saturated heterocycles. The van der Waals surface area contributed by atoms with Crippen LogP contribution in [0.15, 0.2) is 24.5 Å². The van der Waals surface area contributed by atoms with Gasteiger partial charge in [0, 0.05) is 36.0 Å². The second-order valence-corrected chi connectivity index (χ2v) is 6.62. The summed E-state index contributed by atoms with van der Waals surface area (Å²) in [4.78, 5) is 4.95. The maximum Gasteiger partial charge on any atom is 0.235 e. The number of hydrogen-bond acceptors (Lipinski definition) is 7. The molecule has 0 aromatic carbocycles. The zero-order valence-electron chi connectivity index (χ0n) is 10.6. The lowest BCUT2D eigenvalue weighted by Gasteiger charge is -2.20. The van der Waals surface area contributed by atoms with Crippen LogP contribution >= 0.6 is 23.1 Å². The first kappa shape index (κ1) is 12.2. The third-order valence-electron chi connectivity index (χ3n) is 3.15. The van der Waals surface area contributed by atoms with E-state index in [4.69, 9.17) is 0 Å². The molecule has 1 N–H and O–H groups in total. The Morgan fingerprint density at radius 3 is 3.15 bits per heavy atom. The van der Waals surface area contributed by atoms with Gasteiger partial charge < -0.3 is 5.32 Å². The van der Waals surface area contributed by atoms with E-state index >= 15 is 0 Å². The van der Waals surface area contributed by atoms with E-state index in [1.165, 1.54) is 5.75 Å². The first-order chi connectivity index (χ1) is 9.92. The van der Waals surface area contributed by atoms with Crippen LogP contribution in [0.1, 0.15) is 11.0 Å². The van der Waals surface area contributed by atoms with Gasteiger partial charge >= 0.3 is 0 Å². The molecule has 0 aliphatic carbocycles. The van der Waals surface area contributed by atoms with Gasteiger partial charge in [0.05, 0.1) is 6.04 Å². The fourth-order valence-electron chi connectivity index (χ4n) is 2.17. The molecule has 4 rings (SSSR count). The maximum atomic E-state index is 4.68. The molecule has 1 fully saturated rings. The normalized spacial score (nSPS) is 19.5. The van der Waals surface area contributed by atoms with Crippen molar-refractivity contribution in [1.82, 2.24) is 30.1 Å². The lowest BCUT2D eigenvalue weighted by molar-refractivity contribution is 0.584. The van der Waals surface area contributed by atoms with E-state index < -0.39 is 0 Å². The minimum Gasteiger partial charge on any atom is -0.306 e. The Morgan fingerprint density at radius 1 is 1.35 bits per heavy atom. The third-order valence-corrected chi connectivity index (χ3v) is 5.22. The molecule has 0 saturated carbocycles. The van der Waals surface area contributed by atoms with Crippen molar-refractivity contribution in [2.45, 2.75) is 6.04 Å². The van der Waals surface area contributed by atoms with Gasteiger partial charge in [-0.15, -0.1) is 10.2 Å². The molecule has 0 spiro atoms. The van der Waals surface area contributed by atoms with Gasteiger partial charge in [0.2, 0.25) is 4.96 Å². The van der Waals surface area contributed by atoms with Crippen molar-refractivity contribution in [3.05, 3.63) is 29.5 Å². The molecule has 1 aliphatic heterocycles. The molecule has 102 valence electrons. The Morgan fingerprint density at radius 2 is 2.35 bits per heavy atom. The number of pyridine rings is 1. The predicted octanol–water partition coefficient (Wildman–Crippen LogP) is 1.63. The van der Waals surface area contributed by atoms with Crippen molar-refractivity contribution in [2.24, 2.45) is 0 Å². The smallest absolute Gasteiger partial charge is 0.235 e. The molecule has 4 heterocycles. The van der Waals surface area contributed by atoms with Crippen LogP contribution in [-0.2, 0) is 0 Å². The first-order valence-corrected chi connectivity index (χ1v) is 8.32. The molecule has 6 nitrogen and oxygen atoms in total. The van der Waals surface area contributed by atoms with Crippen LogP contribution in [-0.4, -0.2) is 42.8 Å². The van der Waals surface area contributed by atoms with Crippen LogP contribution in [0.2, 0.25) is 0 Å². The van der Waals surface area contributed by atoms with Crippen LogP contribution < -0.4 is 5.32 Å². The van der Waals surface area contributed by atoms with Crippen molar-refractivity contribution >= 4 is 28.1 Å². The van der Waals surface area contributed by atoms with Crippen LogP contribution in [0.5, 0.6) is 0 Å². The van der Waals surface area contributed by atoms with Crippen molar-refractivity contribution in [3.63, 3.8) is 0 Å². The van der Waals surface area contributed by atoms with Gasteiger partial charge in [-0.1, -0.05) is 11.3 Å². The molecule has 20 heavy (non-hydrogen) atoms. The number of rotatable bonds is 2. The molecule has 0 bridgehead atoms. The van der Waals surface area contributed by atoms with E-state index in [9.17, 15) is 0 Å². The molecule has 0 radical (unpaired) electrons. The Bertz CT molecular complexity index is 716. The molecular weight excluding hydrogens is 292 g/mol. The summed E-state index contributed by atoms with van der Waals surface area (Å²) in [5.74, 6) is 2.98. The van der Waals surface area contributed by atoms with Gasteiger partial charge in [-0.2, -0.15) is 21.4 Å². The zero-order chi connectivity index (χ0) is 13.4. The van der Waals surface area contributed by atoms with Crippen LogP contribution in [0, 0.1) is 0 Å². The summed E-state index contributed by atoms with van der Waals surface area (Å²) in [5.41, 5.74) is 0.933. The molecule has 0 amide bonds. The first-order valence-electron chi connectivity index (χ1n) is 6.35. The van der Waals surface area contributed by atoms with Crippen molar-refractivity contribution in [3.8, 4) is 11.4 Å². The average molecular weight is 304 g/mol. The molecular formula is C12H12N6S2. The van der Waals surface area contributed by atoms with Gasteiger partial charge in [-0.05, 0) is 12.1 Å². The number of hydrogen-bond donors (Lipinski definition) is 1. The van der Waals surface area contributed by atoms with Crippen LogP contribution in [0.25, 0.3) is 16.3 Å². The van der Waals surface area contributed by atoms with E-state index in [2.05, 4.69) is 25.6 Å². The van der Waals surface area contributed by atoms with Crippen molar-refractivity contribution < 1.29 is 0 Å². The van der Waals surface area contributed by atoms with E-state index in [1.54, 1.807) is 23.7 Å². The van der Waals surface area contributed by atoms with E-state index in [1.807, 2.05) is 28.4 Å². The Kier molecular flexibility index (Phi) is 3.13. The highest BCUT2D eigenvalue weighted by Gasteiger charge is 2.21. The summed E-state index contributed by atoms with van der Waals surface area (Å²) < 4.78 is 1.82. The summed E-state index contributed by atoms with van der Waals surface area (Å²) in [7, 11) is 0. The minimum absolute atomic E-state index is 0.321. The van der Waals surface area contributed by atoms with Gasteiger partial charge in [0.15, 0.2) is 5.82 Å². The Hall–Kier alpha value is -1.51. The average Bonchev–Trinajstić information content (AvgIpc) is 3.09. The fraction of sp³-hybridized carbons (Fsp3) is 0.333. The van der Waals surface area contributed by atoms with Crippen molar-refractivity contribution in [2.75, 3.05) is 18.1 Å². The highest BCUT2D eigenvalue weighted by atomic mass is 32.2. The van der Waals surface area contributed by atoms with Gasteiger partial charge in [-0.3, -0.25) is 4.98 Å². The summed E-state index contributed by atoms with van der Waals surface area (Å²) in [5, 5.41) is 17.7. The zero-order valence-corrected chi connectivity index (χ0v) is 12.2. The molecule has 8 heteroatoms. The number of nitrogens with one attached hydrogen (secondary N) is 1. The summed E-state index contributed by atoms with van der Waals surface area (Å²) in [6.45, 7) is 1.03. The largest absolute Gasteiger partial charge is 0.306 e. The van der Waals surface area contributed by atoms with E-state index in [0.717, 1.165) is 33.7 Å². The second kappa shape index (κ2) is 5.12. The van der Waals surface area contributed by atoms with Gasteiger partial charge in [-0.25, -0.2) is 0 Å². The lowest BCUT2D eigenvalue weighted by atomic mass is 10.3. The standard InChI is InChI=1S/C12H12N6S2/c1-2-8(6-13-3-1)10-15-16-12-18(10)17-11(20-12)9-7-19-5-4-14-9/h1-3,6,9,14H,4-5,7H2. The molecule has 1 atom stereocenters. The third kappa shape index (κ3) is 2.09. The quantitative estimate of drug-likeness (QED) is 0.776. The highest BCUT2D eigenvalue weighted by molar-refractivity contribution is 7.99. The molecule has 3 aromatic rings. The highest BCUT2D eigenvalue weighted by Crippen LogP contribution is 2.27. The molecule has 3 aromatic heterocycles. The maximum absolute atomic E-state index is 4.68. The predicted molar refractivity (Wildman–Crippen MR) is 80.0 cm³/mol. The summed E-state index contributed by atoms with van der Waals surface area (Å²) in [6, 6.07) is 4.18. The Balaban J connectivity index is 1.75. The van der Waals surface area contributed by atoms with Gasteiger partial charge in [0.1, 0.15) is 5.01 Å². The lowest BCUT2D eigenvalue weighted by Crippen LogP contribution is -2.30. The molecule has 1 unspecified atom stereocenters. The number of nitrogens with zero attached hydrogens (tertiary/aromatic N) is 5. The summed E-state index contributed by atoms with van der Waals surface area (Å²) in [6.07, 6.45) is 3.53. The number of aromatic nitrogens is 5. The second-order valence-electron chi connectivity index (χ2n) is 4.48.